The number of benzene rings is 3. The Morgan fingerprint density at radius 2 is 1.54 bits per heavy atom. The number of halogens is 1. The summed E-state index contributed by atoms with van der Waals surface area (Å²) in [7, 11) is 0. The van der Waals surface area contributed by atoms with Gasteiger partial charge in [-0.25, -0.2) is 9.69 Å². The van der Waals surface area contributed by atoms with E-state index in [0.717, 1.165) is 10.5 Å². The predicted octanol–water partition coefficient (Wildman–Crippen LogP) is 6.06. The molecule has 0 saturated carbocycles. The highest BCUT2D eigenvalue weighted by atomic mass is 35.5. The fraction of sp³-hybridized carbons (Fsp3) is 0.200. The highest BCUT2D eigenvalue weighted by molar-refractivity contribution is 6.53. The zero-order valence-corrected chi connectivity index (χ0v) is 22.5. The first-order valence-corrected chi connectivity index (χ1v) is 12.9. The van der Waals surface area contributed by atoms with Gasteiger partial charge < -0.3 is 15.4 Å². The van der Waals surface area contributed by atoms with Gasteiger partial charge in [0, 0.05) is 16.9 Å². The molecule has 0 radical (unpaired) electrons. The Balaban J connectivity index is 1.48. The molecule has 200 valence electrons. The number of imide groups is 1. The number of carbonyl (C=O) groups excluding carboxylic acids is 4. The first-order chi connectivity index (χ1) is 18.7. The molecule has 3 aromatic carbocycles. The monoisotopic (exact) mass is 545 g/mol. The number of nitrogens with one attached hydrogen (secondary N) is 2. The van der Waals surface area contributed by atoms with Crippen molar-refractivity contribution in [1.29, 1.82) is 0 Å². The number of rotatable bonds is 9. The van der Waals surface area contributed by atoms with Crippen molar-refractivity contribution in [3.8, 4) is 0 Å². The largest absolute Gasteiger partial charge is 0.462 e. The van der Waals surface area contributed by atoms with Gasteiger partial charge in [0.25, 0.3) is 17.7 Å². The molecule has 0 atom stereocenters. The van der Waals surface area contributed by atoms with Crippen LogP contribution in [0.4, 0.5) is 17.1 Å². The third kappa shape index (κ3) is 6.18. The van der Waals surface area contributed by atoms with Gasteiger partial charge in [-0.05, 0) is 66.4 Å². The van der Waals surface area contributed by atoms with E-state index in [9.17, 15) is 19.2 Å². The summed E-state index contributed by atoms with van der Waals surface area (Å²) in [5.74, 6) is -1.82. The third-order valence-electron chi connectivity index (χ3n) is 6.03. The Kier molecular flexibility index (Phi) is 8.46. The van der Waals surface area contributed by atoms with Gasteiger partial charge in [0.2, 0.25) is 0 Å². The van der Waals surface area contributed by atoms with E-state index in [4.69, 9.17) is 16.3 Å². The fourth-order valence-electron chi connectivity index (χ4n) is 3.94. The van der Waals surface area contributed by atoms with Crippen LogP contribution in [0.25, 0.3) is 0 Å². The molecule has 0 aliphatic carbocycles. The highest BCUT2D eigenvalue weighted by Crippen LogP contribution is 2.31. The van der Waals surface area contributed by atoms with E-state index in [1.165, 1.54) is 12.1 Å². The van der Waals surface area contributed by atoms with Crippen LogP contribution in [0.15, 0.2) is 83.5 Å². The molecule has 0 unspecified atom stereocenters. The van der Waals surface area contributed by atoms with Gasteiger partial charge in [0.05, 0.1) is 17.9 Å². The Bertz CT molecular complexity index is 1460. The maximum absolute atomic E-state index is 13.1. The van der Waals surface area contributed by atoms with Gasteiger partial charge in [-0.15, -0.1) is 0 Å². The zero-order valence-electron chi connectivity index (χ0n) is 21.8. The molecule has 39 heavy (non-hydrogen) atoms. The van der Waals surface area contributed by atoms with Crippen LogP contribution in [0, 0.1) is 0 Å². The predicted molar refractivity (Wildman–Crippen MR) is 151 cm³/mol. The van der Waals surface area contributed by atoms with Crippen molar-refractivity contribution in [2.24, 2.45) is 0 Å². The summed E-state index contributed by atoms with van der Waals surface area (Å²) in [5, 5.41) is 5.41. The molecule has 2 N–H and O–H groups in total. The number of esters is 1. The SMILES string of the molecule is CCCOC(=O)c1cccc(NC(=O)c2cccc(NC3=C(Cl)C(=O)N(c4ccc(C(C)C)cc4)C3=O)c2)c1. The maximum Gasteiger partial charge on any atom is 0.338 e. The molecule has 0 aromatic heterocycles. The number of ether oxygens (including phenoxy) is 1. The Labute approximate surface area is 231 Å². The van der Waals surface area contributed by atoms with E-state index in [-0.39, 0.29) is 16.3 Å². The van der Waals surface area contributed by atoms with E-state index in [2.05, 4.69) is 24.5 Å². The van der Waals surface area contributed by atoms with Crippen molar-refractivity contribution in [2.75, 3.05) is 22.1 Å². The molecule has 0 fully saturated rings. The van der Waals surface area contributed by atoms with Crippen LogP contribution in [-0.4, -0.2) is 30.3 Å². The van der Waals surface area contributed by atoms with Gasteiger partial charge in [-0.2, -0.15) is 0 Å². The van der Waals surface area contributed by atoms with Crippen molar-refractivity contribution >= 4 is 52.4 Å². The first kappa shape index (κ1) is 27.6. The minimum absolute atomic E-state index is 0.0783. The van der Waals surface area contributed by atoms with Gasteiger partial charge in [0.15, 0.2) is 0 Å². The number of anilines is 3. The number of nitrogens with zero attached hydrogens (tertiary/aromatic N) is 1. The standard InChI is InChI=1S/C30H28ClN3O5/c1-4-15-39-30(38)21-8-6-10-23(17-21)33-27(35)20-7-5-9-22(16-20)32-26-25(31)28(36)34(29(26)37)24-13-11-19(12-14-24)18(2)3/h5-14,16-18,32H,4,15H2,1-3H3,(H,33,35). The second kappa shape index (κ2) is 12.0. The minimum atomic E-state index is -0.632. The van der Waals surface area contributed by atoms with E-state index >= 15 is 0 Å². The number of hydrogen-bond acceptors (Lipinski definition) is 6. The molecular weight excluding hydrogens is 518 g/mol. The van der Waals surface area contributed by atoms with Crippen LogP contribution >= 0.6 is 11.6 Å². The summed E-state index contributed by atoms with van der Waals surface area (Å²) in [4.78, 5) is 52.1. The second-order valence-electron chi connectivity index (χ2n) is 9.26. The van der Waals surface area contributed by atoms with Gasteiger partial charge in [0.1, 0.15) is 10.7 Å². The summed E-state index contributed by atoms with van der Waals surface area (Å²) in [6.45, 7) is 6.32. The molecule has 1 aliphatic heterocycles. The molecule has 3 aromatic rings. The molecule has 0 bridgehead atoms. The molecule has 0 spiro atoms. The van der Waals surface area contributed by atoms with Gasteiger partial charge in [-0.3, -0.25) is 14.4 Å². The summed E-state index contributed by atoms with van der Waals surface area (Å²) >= 11 is 6.27. The summed E-state index contributed by atoms with van der Waals surface area (Å²) in [6, 6.07) is 20.0. The average molecular weight is 546 g/mol. The maximum atomic E-state index is 13.1. The van der Waals surface area contributed by atoms with Crippen molar-refractivity contribution in [3.63, 3.8) is 0 Å². The van der Waals surface area contributed by atoms with E-state index in [1.807, 2.05) is 19.1 Å². The lowest BCUT2D eigenvalue weighted by Crippen LogP contribution is -2.32. The Morgan fingerprint density at radius 1 is 0.897 bits per heavy atom. The highest BCUT2D eigenvalue weighted by Gasteiger charge is 2.39. The number of carbonyl (C=O) groups is 4. The van der Waals surface area contributed by atoms with Crippen LogP contribution < -0.4 is 15.5 Å². The molecule has 0 saturated heterocycles. The first-order valence-electron chi connectivity index (χ1n) is 12.5. The van der Waals surface area contributed by atoms with Crippen LogP contribution in [-0.2, 0) is 14.3 Å². The lowest BCUT2D eigenvalue weighted by atomic mass is 10.0. The molecule has 9 heteroatoms. The van der Waals surface area contributed by atoms with Crippen LogP contribution in [0.1, 0.15) is 59.4 Å². The van der Waals surface area contributed by atoms with Crippen LogP contribution in [0.2, 0.25) is 0 Å². The van der Waals surface area contributed by atoms with Crippen molar-refractivity contribution in [2.45, 2.75) is 33.1 Å². The topological polar surface area (TPSA) is 105 Å². The van der Waals surface area contributed by atoms with Crippen molar-refractivity contribution in [1.82, 2.24) is 0 Å². The molecule has 3 amide bonds. The Hall–Kier alpha value is -4.43. The van der Waals surface area contributed by atoms with E-state index < -0.39 is 23.7 Å². The van der Waals surface area contributed by atoms with E-state index in [1.54, 1.807) is 48.5 Å². The fourth-order valence-corrected chi connectivity index (χ4v) is 4.15. The van der Waals surface area contributed by atoms with Crippen LogP contribution in [0.3, 0.4) is 0 Å². The second-order valence-corrected chi connectivity index (χ2v) is 9.64. The third-order valence-corrected chi connectivity index (χ3v) is 6.38. The average Bonchev–Trinajstić information content (AvgIpc) is 3.14. The summed E-state index contributed by atoms with van der Waals surface area (Å²) < 4.78 is 5.15. The number of hydrogen-bond donors (Lipinski definition) is 2. The Morgan fingerprint density at radius 3 is 2.21 bits per heavy atom. The molecule has 1 heterocycles. The van der Waals surface area contributed by atoms with Crippen molar-refractivity contribution < 1.29 is 23.9 Å². The van der Waals surface area contributed by atoms with Gasteiger partial charge >= 0.3 is 5.97 Å². The molecule has 8 nitrogen and oxygen atoms in total. The lowest BCUT2D eigenvalue weighted by molar-refractivity contribution is -0.120. The van der Waals surface area contributed by atoms with E-state index in [0.29, 0.717) is 41.6 Å². The smallest absolute Gasteiger partial charge is 0.338 e. The lowest BCUT2D eigenvalue weighted by Gasteiger charge is -2.16. The van der Waals surface area contributed by atoms with Gasteiger partial charge in [-0.1, -0.05) is 56.6 Å². The quantitative estimate of drug-likeness (QED) is 0.250. The summed E-state index contributed by atoms with van der Waals surface area (Å²) in [6.07, 6.45) is 0.706. The molecule has 1 aliphatic rings. The number of amides is 3. The summed E-state index contributed by atoms with van der Waals surface area (Å²) in [5.41, 5.74) is 2.84. The van der Waals surface area contributed by atoms with Crippen molar-refractivity contribution in [3.05, 3.63) is 100 Å². The van der Waals surface area contributed by atoms with Crippen LogP contribution in [0.5, 0.6) is 0 Å². The minimum Gasteiger partial charge on any atom is -0.462 e. The normalized spacial score (nSPS) is 13.2. The zero-order chi connectivity index (χ0) is 28.1. The molecular formula is C30H28ClN3O5. The molecule has 4 rings (SSSR count).